The molecule has 0 bridgehead atoms. The van der Waals surface area contributed by atoms with Gasteiger partial charge >= 0.3 is 0 Å². The molecule has 5 unspecified atom stereocenters. The number of thiophene rings is 5. The Balaban J connectivity index is 0.000000237. The van der Waals surface area contributed by atoms with Gasteiger partial charge in [0.15, 0.2) is 88.0 Å². The highest BCUT2D eigenvalue weighted by molar-refractivity contribution is 7.86. The van der Waals surface area contributed by atoms with Gasteiger partial charge < -0.3 is 111 Å². The maximum absolute atomic E-state index is 10.7. The van der Waals surface area contributed by atoms with E-state index in [4.69, 9.17) is 66.3 Å². The predicted molar refractivity (Wildman–Crippen MR) is 466 cm³/mol. The van der Waals surface area contributed by atoms with E-state index in [2.05, 4.69) is 28.2 Å². The summed E-state index contributed by atoms with van der Waals surface area (Å²) in [5.41, 5.74) is 0. The number of hydrogen-bond acceptors (Lipinski definition) is 34. The van der Waals surface area contributed by atoms with Gasteiger partial charge in [-0.05, 0) is 51.4 Å². The molecule has 0 saturated carbocycles. The zero-order valence-electron chi connectivity index (χ0n) is 72.2. The summed E-state index contributed by atoms with van der Waals surface area (Å²) in [5.74, 6) is 6.57. The smallest absolute Gasteiger partial charge is 0.181 e. The average molecular weight is 1920 g/mol. The molecule has 10 rings (SSSR count). The Morgan fingerprint density at radius 1 is 0.262 bits per heavy atom. The van der Waals surface area contributed by atoms with Gasteiger partial charge in [-0.3, -0.25) is 0 Å². The zero-order valence-corrected chi connectivity index (χ0v) is 80.4. The molecular formula is C78H131N5O29S10. The van der Waals surface area contributed by atoms with E-state index in [0.717, 1.165) is 163 Å². The number of hydrogen-bond donors (Lipinski definition) is 0. The Morgan fingerprint density at radius 2 is 0.451 bits per heavy atom. The second-order valence-electron chi connectivity index (χ2n) is 34.0. The summed E-state index contributed by atoms with van der Waals surface area (Å²) in [7, 11) is -0.153. The van der Waals surface area contributed by atoms with Gasteiger partial charge in [-0.15, -0.1) is 56.7 Å². The molecule has 0 amide bonds. The van der Waals surface area contributed by atoms with Gasteiger partial charge in [0, 0.05) is 141 Å². The second kappa shape index (κ2) is 52.4. The second-order valence-corrected chi connectivity index (χ2v) is 45.4. The molecule has 34 nitrogen and oxygen atoms in total. The molecule has 122 heavy (non-hydrogen) atoms. The fraction of sp³-hybridized carbons (Fsp3) is 0.744. The highest BCUT2D eigenvalue weighted by Crippen LogP contribution is 2.39. The van der Waals surface area contributed by atoms with Gasteiger partial charge in [-0.25, -0.2) is 42.1 Å². The molecule has 10 heterocycles. The van der Waals surface area contributed by atoms with Crippen LogP contribution in [0.15, 0.2) is 53.8 Å². The first-order chi connectivity index (χ1) is 57.3. The molecule has 5 aliphatic heterocycles. The average Bonchev–Trinajstić information content (AvgIpc) is 1.67. The molecule has 5 atom stereocenters. The van der Waals surface area contributed by atoms with Crippen LogP contribution in [0.2, 0.25) is 0 Å². The van der Waals surface area contributed by atoms with Crippen molar-refractivity contribution < 1.29 is 154 Å². The summed E-state index contributed by atoms with van der Waals surface area (Å²) in [4.78, 5) is 0. The fourth-order valence-corrected chi connectivity index (χ4v) is 19.1. The van der Waals surface area contributed by atoms with E-state index in [-0.39, 0.29) is 59.3 Å². The molecule has 0 saturated heterocycles. The maximum Gasteiger partial charge on any atom is 0.181 e. The van der Waals surface area contributed by atoms with Crippen LogP contribution in [-0.4, -0.2) is 368 Å². The van der Waals surface area contributed by atoms with E-state index in [1.54, 1.807) is 45.3 Å². The van der Waals surface area contributed by atoms with E-state index in [0.29, 0.717) is 164 Å². The summed E-state index contributed by atoms with van der Waals surface area (Å²) in [5, 5.41) is 19.3. The molecule has 0 spiro atoms. The number of fused-ring (bicyclic) bond motifs is 5. The van der Waals surface area contributed by atoms with E-state index < -0.39 is 50.6 Å². The van der Waals surface area contributed by atoms with Crippen LogP contribution in [0, 0.1) is 0 Å². The number of ether oxygens (including phenoxy) is 14. The van der Waals surface area contributed by atoms with Crippen molar-refractivity contribution in [2.24, 2.45) is 0 Å². The van der Waals surface area contributed by atoms with Crippen LogP contribution in [0.25, 0.3) is 0 Å². The summed E-state index contributed by atoms with van der Waals surface area (Å²) >= 11 is 7.78. The van der Waals surface area contributed by atoms with E-state index in [1.165, 1.54) is 11.3 Å². The van der Waals surface area contributed by atoms with Crippen LogP contribution in [0.1, 0.15) is 96.3 Å². The summed E-state index contributed by atoms with van der Waals surface area (Å²) in [6.45, 7) is 15.1. The predicted octanol–water partition coefficient (Wildman–Crippen LogP) is 8.47. The third kappa shape index (κ3) is 48.2. The monoisotopic (exact) mass is 1920 g/mol. The number of unbranched alkanes of at least 4 members (excludes halogenated alkanes) is 6. The largest absolute Gasteiger partial charge is 0.748 e. The third-order valence-electron chi connectivity index (χ3n) is 20.0. The third-order valence-corrected chi connectivity index (χ3v) is 27.4. The maximum atomic E-state index is 10.7. The lowest BCUT2D eigenvalue weighted by molar-refractivity contribution is -0.893. The molecule has 0 radical (unpaired) electrons. The normalized spacial score (nSPS) is 17.8. The van der Waals surface area contributed by atoms with Crippen molar-refractivity contribution in [2.75, 3.05) is 251 Å². The van der Waals surface area contributed by atoms with Gasteiger partial charge in [0.2, 0.25) is 0 Å². The highest BCUT2D eigenvalue weighted by atomic mass is 32.2. The van der Waals surface area contributed by atoms with Crippen molar-refractivity contribution in [3.05, 3.63) is 53.8 Å². The molecule has 5 aromatic heterocycles. The van der Waals surface area contributed by atoms with Crippen LogP contribution in [0.3, 0.4) is 0 Å². The molecule has 0 fully saturated rings. The standard InChI is InChI=1S/C18H31NO6S2.C17H29NO6S2.C16H27NO6S2.C15H25NO6S2.C12H19NO5S2/c1-19(2,9-7-11-27(20,21)22)8-5-3-4-6-10-23-12-16-13-24-17-14-26-15-18(17)25-16;1-18(2,8-6-10-26(19,20)21)7-4-3-5-9-22-11-15-12-23-16-13-25-14-17(16)24-15;1-17(2,7-5-9-25(18,19)20)6-3-4-8-21-10-14-11-22-15-12-24-13-16(15)23-14;1-16(2,6-4-8-24(17,18)19)5-3-7-20-9-13-10-21-14-11-23-12-15(14)22-13;1-13(2,4-3-5-20(14,15)16)6-10-7-17-11-8-19-9-12(11)18-10/h14-16H,3-13H2,1-2H3;13-15H,3-12H2,1-2H3;12-14H,3-11H2,1-2H3;11-13H,3-10H2,1-2H3;8-10H,3-7H2,1-2H3. The minimum atomic E-state index is -4.13. The van der Waals surface area contributed by atoms with Crippen molar-refractivity contribution in [1.82, 2.24) is 0 Å². The van der Waals surface area contributed by atoms with Crippen LogP contribution >= 0.6 is 56.7 Å². The molecule has 0 aliphatic carbocycles. The molecule has 0 aromatic carbocycles. The fourth-order valence-electron chi connectivity index (χ4n) is 13.4. The van der Waals surface area contributed by atoms with Crippen molar-refractivity contribution in [1.29, 1.82) is 0 Å². The zero-order chi connectivity index (χ0) is 89.6. The molecule has 5 aromatic rings. The molecule has 702 valence electrons. The Labute approximate surface area is 744 Å². The minimum absolute atomic E-state index is 0.0388. The number of quaternary nitrogens is 5. The SMILES string of the molecule is C[N+](C)(CCCCCCOCC1COc2cscc2O1)CCCS(=O)(=O)[O-].C[N+](C)(CCCCCOCC1COc2cscc2O1)CCCS(=O)(=O)[O-].C[N+](C)(CCCCOCC1COc2cscc2O1)CCCS(=O)(=O)[O-].C[N+](C)(CCCOCC1COc2cscc2O1)CCCS(=O)(=O)[O-].C[N+](C)(CCCS(=O)(=O)[O-])CC1COc2cscc2O1. The lowest BCUT2D eigenvalue weighted by Gasteiger charge is -2.35. The summed E-state index contributed by atoms with van der Waals surface area (Å²) in [6, 6.07) is 0. The van der Waals surface area contributed by atoms with Crippen LogP contribution in [0.5, 0.6) is 57.5 Å². The Bertz CT molecular complexity index is 4360. The van der Waals surface area contributed by atoms with E-state index in [1.807, 2.05) is 96.1 Å². The number of nitrogens with zero attached hydrogens (tertiary/aromatic N) is 5. The lowest BCUT2D eigenvalue weighted by atomic mass is 10.2. The van der Waals surface area contributed by atoms with Gasteiger partial charge in [0.1, 0.15) is 39.6 Å². The Hall–Kier alpha value is -4.31. The quantitative estimate of drug-likeness (QED) is 0.0200. The van der Waals surface area contributed by atoms with Crippen molar-refractivity contribution >= 4 is 107 Å². The Kier molecular flexibility index (Phi) is 45.7. The topological polar surface area (TPSA) is 415 Å². The lowest BCUT2D eigenvalue weighted by Crippen LogP contribution is -2.50. The van der Waals surface area contributed by atoms with E-state index in [9.17, 15) is 64.9 Å². The first-order valence-corrected chi connectivity index (χ1v) is 53.7. The molecule has 0 N–H and O–H groups in total. The Morgan fingerprint density at radius 3 is 0.721 bits per heavy atom. The van der Waals surface area contributed by atoms with Crippen molar-refractivity contribution in [3.63, 3.8) is 0 Å². The van der Waals surface area contributed by atoms with Crippen molar-refractivity contribution in [3.8, 4) is 57.5 Å². The first-order valence-electron chi connectivity index (χ1n) is 41.1. The summed E-state index contributed by atoms with van der Waals surface area (Å²) < 4.78 is 243. The molecule has 44 heteroatoms. The van der Waals surface area contributed by atoms with Gasteiger partial charge in [0.25, 0.3) is 0 Å². The van der Waals surface area contributed by atoms with Gasteiger partial charge in [-0.2, -0.15) is 0 Å². The minimum Gasteiger partial charge on any atom is -0.748 e. The van der Waals surface area contributed by atoms with Gasteiger partial charge in [0.05, 0.1) is 213 Å². The van der Waals surface area contributed by atoms with Gasteiger partial charge in [-0.1, -0.05) is 6.42 Å². The molecule has 5 aliphatic rings. The number of likely N-dealkylation sites (N-methyl/N-ethyl adjacent to an activating group) is 1. The number of rotatable bonds is 52. The van der Waals surface area contributed by atoms with Crippen LogP contribution < -0.4 is 47.4 Å². The first kappa shape index (κ1) is 106. The van der Waals surface area contributed by atoms with Crippen LogP contribution in [0.4, 0.5) is 0 Å². The van der Waals surface area contributed by atoms with Crippen molar-refractivity contribution in [2.45, 2.75) is 127 Å². The van der Waals surface area contributed by atoms with Crippen LogP contribution in [-0.2, 0) is 69.5 Å². The van der Waals surface area contributed by atoms with E-state index >= 15 is 0 Å². The summed E-state index contributed by atoms with van der Waals surface area (Å²) in [6.07, 6.45) is 11.8. The molecular weight excluding hydrogens is 1790 g/mol. The highest BCUT2D eigenvalue weighted by Gasteiger charge is 2.31.